The summed E-state index contributed by atoms with van der Waals surface area (Å²) in [5.74, 6) is 1.81. The van der Waals surface area contributed by atoms with E-state index in [9.17, 15) is 0 Å². The lowest BCUT2D eigenvalue weighted by Crippen LogP contribution is -2.43. The molecule has 0 radical (unpaired) electrons. The summed E-state index contributed by atoms with van der Waals surface area (Å²) in [6.07, 6.45) is 3.71. The minimum Gasteiger partial charge on any atom is -0.355 e. The quantitative estimate of drug-likeness (QED) is 0.643. The normalized spacial score (nSPS) is 23.2. The van der Waals surface area contributed by atoms with Gasteiger partial charge in [0.2, 0.25) is 0 Å². The zero-order chi connectivity index (χ0) is 18.2. The SMILES string of the molecule is CN=C(NCCN1CCCN(C)CC1)N1CCC(Cc2ccccc2)C1. The van der Waals surface area contributed by atoms with Crippen LogP contribution in [0.4, 0.5) is 0 Å². The van der Waals surface area contributed by atoms with Gasteiger partial charge in [-0.25, -0.2) is 0 Å². The third kappa shape index (κ3) is 5.71. The number of rotatable bonds is 5. The molecule has 1 aromatic carbocycles. The first kappa shape index (κ1) is 19.2. The molecule has 2 fully saturated rings. The third-order valence-corrected chi connectivity index (χ3v) is 5.69. The Bertz CT molecular complexity index is 559. The highest BCUT2D eigenvalue weighted by molar-refractivity contribution is 5.80. The van der Waals surface area contributed by atoms with E-state index in [0.29, 0.717) is 0 Å². The number of nitrogens with zero attached hydrogens (tertiary/aromatic N) is 4. The molecule has 144 valence electrons. The van der Waals surface area contributed by atoms with Gasteiger partial charge in [0.25, 0.3) is 0 Å². The van der Waals surface area contributed by atoms with Gasteiger partial charge in [-0.1, -0.05) is 30.3 Å². The van der Waals surface area contributed by atoms with Gasteiger partial charge in [0.05, 0.1) is 0 Å². The Kier molecular flexibility index (Phi) is 7.32. The Hall–Kier alpha value is -1.59. The van der Waals surface area contributed by atoms with E-state index in [0.717, 1.165) is 38.1 Å². The number of benzene rings is 1. The summed E-state index contributed by atoms with van der Waals surface area (Å²) in [7, 11) is 4.14. The van der Waals surface area contributed by atoms with E-state index in [-0.39, 0.29) is 0 Å². The van der Waals surface area contributed by atoms with Crippen LogP contribution in [0.25, 0.3) is 0 Å². The first-order valence-corrected chi connectivity index (χ1v) is 10.1. The van der Waals surface area contributed by atoms with Gasteiger partial charge in [-0.2, -0.15) is 0 Å². The van der Waals surface area contributed by atoms with Crippen molar-refractivity contribution >= 4 is 5.96 Å². The number of aliphatic imine (C=N–C) groups is 1. The molecule has 3 rings (SSSR count). The zero-order valence-electron chi connectivity index (χ0n) is 16.5. The maximum Gasteiger partial charge on any atom is 0.193 e. The van der Waals surface area contributed by atoms with Gasteiger partial charge >= 0.3 is 0 Å². The van der Waals surface area contributed by atoms with E-state index in [1.165, 1.54) is 51.0 Å². The monoisotopic (exact) mass is 357 g/mol. The summed E-state index contributed by atoms with van der Waals surface area (Å²) in [6.45, 7) is 9.12. The standard InChI is InChI=1S/C21H35N5/c1-22-21(23-10-14-25-12-6-11-24(2)15-16-25)26-13-9-20(18-26)17-19-7-4-3-5-8-19/h3-5,7-8,20H,6,9-18H2,1-2H3,(H,22,23). The minimum absolute atomic E-state index is 0.733. The van der Waals surface area contributed by atoms with Crippen molar-refractivity contribution in [2.24, 2.45) is 10.9 Å². The lowest BCUT2D eigenvalue weighted by atomic mass is 9.99. The number of likely N-dealkylation sites (tertiary alicyclic amines) is 1. The van der Waals surface area contributed by atoms with E-state index in [2.05, 4.69) is 62.4 Å². The predicted molar refractivity (Wildman–Crippen MR) is 110 cm³/mol. The van der Waals surface area contributed by atoms with Gasteiger partial charge in [0.1, 0.15) is 0 Å². The van der Waals surface area contributed by atoms with Gasteiger partial charge in [-0.15, -0.1) is 0 Å². The van der Waals surface area contributed by atoms with Gasteiger partial charge in [0, 0.05) is 46.3 Å². The topological polar surface area (TPSA) is 34.1 Å². The number of nitrogens with one attached hydrogen (secondary N) is 1. The van der Waals surface area contributed by atoms with Crippen LogP contribution < -0.4 is 5.32 Å². The average Bonchev–Trinajstić information content (AvgIpc) is 3.01. The van der Waals surface area contributed by atoms with Crippen molar-refractivity contribution in [3.63, 3.8) is 0 Å². The molecule has 26 heavy (non-hydrogen) atoms. The molecule has 0 saturated carbocycles. The smallest absolute Gasteiger partial charge is 0.193 e. The summed E-state index contributed by atoms with van der Waals surface area (Å²) < 4.78 is 0. The van der Waals surface area contributed by atoms with Crippen molar-refractivity contribution in [3.05, 3.63) is 35.9 Å². The van der Waals surface area contributed by atoms with Crippen molar-refractivity contribution in [2.75, 3.05) is 66.5 Å². The van der Waals surface area contributed by atoms with E-state index in [1.807, 2.05) is 7.05 Å². The largest absolute Gasteiger partial charge is 0.355 e. The fourth-order valence-corrected chi connectivity index (χ4v) is 4.12. The van der Waals surface area contributed by atoms with Gasteiger partial charge in [0.15, 0.2) is 5.96 Å². The zero-order valence-corrected chi connectivity index (χ0v) is 16.5. The van der Waals surface area contributed by atoms with Crippen LogP contribution in [0.2, 0.25) is 0 Å². The van der Waals surface area contributed by atoms with Crippen molar-refractivity contribution in [1.82, 2.24) is 20.0 Å². The molecular formula is C21H35N5. The lowest BCUT2D eigenvalue weighted by Gasteiger charge is -2.24. The van der Waals surface area contributed by atoms with Crippen LogP contribution in [0.1, 0.15) is 18.4 Å². The molecule has 2 aliphatic heterocycles. The molecule has 2 aliphatic rings. The highest BCUT2D eigenvalue weighted by Gasteiger charge is 2.25. The number of hydrogen-bond acceptors (Lipinski definition) is 3. The van der Waals surface area contributed by atoms with Crippen LogP contribution in [0.15, 0.2) is 35.3 Å². The lowest BCUT2D eigenvalue weighted by molar-refractivity contribution is 0.279. The Balaban J connectivity index is 1.40. The van der Waals surface area contributed by atoms with Crippen LogP contribution >= 0.6 is 0 Å². The molecule has 0 aromatic heterocycles. The molecule has 0 aliphatic carbocycles. The molecule has 1 N–H and O–H groups in total. The second kappa shape index (κ2) is 9.93. The van der Waals surface area contributed by atoms with Crippen molar-refractivity contribution in [3.8, 4) is 0 Å². The molecule has 1 atom stereocenters. The maximum absolute atomic E-state index is 4.53. The molecule has 2 heterocycles. The Morgan fingerprint density at radius 3 is 2.77 bits per heavy atom. The summed E-state index contributed by atoms with van der Waals surface area (Å²) in [5.41, 5.74) is 1.45. The van der Waals surface area contributed by atoms with E-state index in [1.54, 1.807) is 0 Å². The molecule has 1 aromatic rings. The second-order valence-corrected chi connectivity index (χ2v) is 7.76. The number of hydrogen-bond donors (Lipinski definition) is 1. The molecule has 0 spiro atoms. The Labute approximate surface area is 159 Å². The molecule has 2 saturated heterocycles. The number of likely N-dealkylation sites (N-methyl/N-ethyl adjacent to an activating group) is 1. The molecule has 5 heteroatoms. The second-order valence-electron chi connectivity index (χ2n) is 7.76. The number of guanidine groups is 1. The van der Waals surface area contributed by atoms with Crippen LogP contribution in [-0.4, -0.2) is 87.1 Å². The fourth-order valence-electron chi connectivity index (χ4n) is 4.12. The highest BCUT2D eigenvalue weighted by Crippen LogP contribution is 2.20. The van der Waals surface area contributed by atoms with Crippen LogP contribution in [0.3, 0.4) is 0 Å². The van der Waals surface area contributed by atoms with E-state index in [4.69, 9.17) is 0 Å². The van der Waals surface area contributed by atoms with Gasteiger partial charge < -0.3 is 20.0 Å². The summed E-state index contributed by atoms with van der Waals surface area (Å²) >= 11 is 0. The molecule has 5 nitrogen and oxygen atoms in total. The van der Waals surface area contributed by atoms with Gasteiger partial charge in [-0.05, 0) is 50.9 Å². The van der Waals surface area contributed by atoms with Crippen LogP contribution in [0.5, 0.6) is 0 Å². The molecule has 0 amide bonds. The molecular weight excluding hydrogens is 322 g/mol. The van der Waals surface area contributed by atoms with Crippen molar-refractivity contribution in [1.29, 1.82) is 0 Å². The van der Waals surface area contributed by atoms with Crippen LogP contribution in [0, 0.1) is 5.92 Å². The summed E-state index contributed by atoms with van der Waals surface area (Å²) in [6, 6.07) is 10.9. The van der Waals surface area contributed by atoms with Crippen molar-refractivity contribution < 1.29 is 0 Å². The summed E-state index contributed by atoms with van der Waals surface area (Å²) in [5, 5.41) is 3.60. The Morgan fingerprint density at radius 1 is 1.12 bits per heavy atom. The Morgan fingerprint density at radius 2 is 1.96 bits per heavy atom. The fraction of sp³-hybridized carbons (Fsp3) is 0.667. The average molecular weight is 358 g/mol. The van der Waals surface area contributed by atoms with E-state index >= 15 is 0 Å². The third-order valence-electron chi connectivity index (χ3n) is 5.69. The first-order chi connectivity index (χ1) is 12.7. The molecule has 0 bridgehead atoms. The van der Waals surface area contributed by atoms with Crippen molar-refractivity contribution in [2.45, 2.75) is 19.3 Å². The van der Waals surface area contributed by atoms with Gasteiger partial charge in [-0.3, -0.25) is 4.99 Å². The predicted octanol–water partition coefficient (Wildman–Crippen LogP) is 1.76. The minimum atomic E-state index is 0.733. The highest BCUT2D eigenvalue weighted by atomic mass is 15.3. The first-order valence-electron chi connectivity index (χ1n) is 10.1. The van der Waals surface area contributed by atoms with E-state index < -0.39 is 0 Å². The molecule has 1 unspecified atom stereocenters. The van der Waals surface area contributed by atoms with Crippen LogP contribution in [-0.2, 0) is 6.42 Å². The summed E-state index contributed by atoms with van der Waals surface area (Å²) in [4.78, 5) is 12.0. The maximum atomic E-state index is 4.53.